The van der Waals surface area contributed by atoms with Gasteiger partial charge in [-0.25, -0.2) is 0 Å². The van der Waals surface area contributed by atoms with Crippen LogP contribution in [-0.4, -0.2) is 82.0 Å². The van der Waals surface area contributed by atoms with Crippen molar-refractivity contribution >= 4 is 56.1 Å². The maximum Gasteiger partial charge on any atom is 0.313 e. The van der Waals surface area contributed by atoms with Crippen LogP contribution in [0.15, 0.2) is 98.1 Å². The number of likely N-dealkylation sites (tertiary alicyclic amines) is 1. The molecule has 3 amide bonds. The van der Waals surface area contributed by atoms with Crippen LogP contribution in [0.25, 0.3) is 10.8 Å². The number of anilines is 1. The van der Waals surface area contributed by atoms with E-state index in [4.69, 9.17) is 9.47 Å². The summed E-state index contributed by atoms with van der Waals surface area (Å²) in [6.07, 6.45) is 5.71. The van der Waals surface area contributed by atoms with Crippen molar-refractivity contribution < 1.29 is 33.8 Å². The highest BCUT2D eigenvalue weighted by molar-refractivity contribution is 9.09. The number of aliphatic hydroxyl groups is 1. The zero-order chi connectivity index (χ0) is 38.4. The number of fused-ring (bicyclic) bond motifs is 2. The van der Waals surface area contributed by atoms with Gasteiger partial charge < -0.3 is 29.7 Å². The fraction of sp³-hybridized carbons (Fsp3) is 0.442. The Bertz CT molecular complexity index is 1850. The molecule has 0 aromatic heterocycles. The first kappa shape index (κ1) is 39.4. The number of rotatable bonds is 18. The van der Waals surface area contributed by atoms with Crippen LogP contribution in [0.5, 0.6) is 0 Å². The third kappa shape index (κ3) is 7.76. The van der Waals surface area contributed by atoms with Crippen molar-refractivity contribution in [2.24, 2.45) is 11.8 Å². The van der Waals surface area contributed by atoms with E-state index in [2.05, 4.69) is 34.4 Å². The summed E-state index contributed by atoms with van der Waals surface area (Å²) in [6, 6.07) is 21.4. The molecule has 3 fully saturated rings. The van der Waals surface area contributed by atoms with Crippen LogP contribution in [0.2, 0.25) is 0 Å². The average molecular weight is 801 g/mol. The summed E-state index contributed by atoms with van der Waals surface area (Å²) in [5.74, 6) is -3.36. The summed E-state index contributed by atoms with van der Waals surface area (Å²) in [5.41, 5.74) is 0.0787. The van der Waals surface area contributed by atoms with Gasteiger partial charge in [-0.05, 0) is 61.1 Å². The number of halogens is 1. The molecule has 3 saturated heterocycles. The highest BCUT2D eigenvalue weighted by atomic mass is 79.9. The van der Waals surface area contributed by atoms with Crippen LogP contribution in [0.3, 0.4) is 0 Å². The minimum absolute atomic E-state index is 0.0873. The second-order valence-electron chi connectivity index (χ2n) is 14.6. The highest BCUT2D eigenvalue weighted by Gasteiger charge is 2.77. The largest absolute Gasteiger partial charge is 0.455 e. The Morgan fingerprint density at radius 1 is 1.04 bits per heavy atom. The van der Waals surface area contributed by atoms with Crippen molar-refractivity contribution in [1.82, 2.24) is 10.2 Å². The topological polar surface area (TPSA) is 125 Å². The number of benzene rings is 3. The summed E-state index contributed by atoms with van der Waals surface area (Å²) in [4.78, 5) is 60.1. The van der Waals surface area contributed by atoms with Crippen LogP contribution in [-0.2, 0) is 28.7 Å². The number of allylic oxidation sites excluding steroid dienone is 1. The van der Waals surface area contributed by atoms with Gasteiger partial charge >= 0.3 is 5.97 Å². The van der Waals surface area contributed by atoms with Gasteiger partial charge in [0.15, 0.2) is 0 Å². The van der Waals surface area contributed by atoms with E-state index in [-0.39, 0.29) is 42.1 Å². The minimum Gasteiger partial charge on any atom is -0.455 e. The molecule has 11 heteroatoms. The number of alkyl halides is 1. The Balaban J connectivity index is 1.34. The number of carbonyl (C=O) groups excluding carboxylic acids is 4. The second kappa shape index (κ2) is 17.4. The van der Waals surface area contributed by atoms with Crippen LogP contribution in [0, 0.1) is 11.8 Å². The lowest BCUT2D eigenvalue weighted by molar-refractivity contribution is -0.162. The third-order valence-electron chi connectivity index (χ3n) is 11.0. The normalized spacial score (nSPS) is 25.2. The van der Waals surface area contributed by atoms with E-state index in [9.17, 15) is 19.5 Å². The number of hydrogen-bond donors (Lipinski definition) is 2. The first-order valence-electron chi connectivity index (χ1n) is 18.9. The first-order valence-corrected chi connectivity index (χ1v) is 19.9. The van der Waals surface area contributed by atoms with Gasteiger partial charge in [0, 0.05) is 36.6 Å². The molecular formula is C43H50BrN3O7. The fourth-order valence-electron chi connectivity index (χ4n) is 8.55. The monoisotopic (exact) mass is 799 g/mol. The van der Waals surface area contributed by atoms with E-state index in [0.29, 0.717) is 43.5 Å². The molecule has 6 rings (SSSR count). The summed E-state index contributed by atoms with van der Waals surface area (Å²) in [6.45, 7) is 10.0. The van der Waals surface area contributed by atoms with Crippen molar-refractivity contribution in [1.29, 1.82) is 0 Å². The Hall–Kier alpha value is -4.32. The molecule has 3 aromatic rings. The first-order chi connectivity index (χ1) is 26.1. The molecule has 0 saturated carbocycles. The number of esters is 1. The van der Waals surface area contributed by atoms with Gasteiger partial charge in [0.1, 0.15) is 17.7 Å². The molecule has 2 N–H and O–H groups in total. The predicted molar refractivity (Wildman–Crippen MR) is 212 cm³/mol. The van der Waals surface area contributed by atoms with E-state index < -0.39 is 47.7 Å². The van der Waals surface area contributed by atoms with Crippen molar-refractivity contribution in [3.63, 3.8) is 0 Å². The van der Waals surface area contributed by atoms with E-state index in [1.54, 1.807) is 28.9 Å². The van der Waals surface area contributed by atoms with Crippen molar-refractivity contribution in [3.8, 4) is 0 Å². The summed E-state index contributed by atoms with van der Waals surface area (Å²) in [7, 11) is 0. The molecule has 8 atom stereocenters. The van der Waals surface area contributed by atoms with Crippen molar-refractivity contribution in [2.45, 2.75) is 86.6 Å². The molecule has 286 valence electrons. The average Bonchev–Trinajstić information content (AvgIpc) is 3.77. The fourth-order valence-corrected chi connectivity index (χ4v) is 9.49. The Morgan fingerprint density at radius 3 is 2.48 bits per heavy atom. The smallest absolute Gasteiger partial charge is 0.313 e. The van der Waals surface area contributed by atoms with Crippen LogP contribution in [0.1, 0.15) is 63.5 Å². The van der Waals surface area contributed by atoms with Crippen LogP contribution >= 0.6 is 15.9 Å². The SMILES string of the molecule is C=CCCC(=O)N[C@@H](C)[C@H](OC(=O)[C@H]1[C@@H]2O[C@@]3(CC2Br)[C@@H]1C(=O)N(CCCCCCO)[C@@H]3C(=O)N(CC=C)c1ccc2ccccc2c1)c1ccccc1. The van der Waals surface area contributed by atoms with E-state index in [0.717, 1.165) is 23.6 Å². The van der Waals surface area contributed by atoms with Crippen molar-refractivity contribution in [2.75, 3.05) is 24.6 Å². The Morgan fingerprint density at radius 2 is 1.76 bits per heavy atom. The number of hydrogen-bond acceptors (Lipinski definition) is 7. The lowest BCUT2D eigenvalue weighted by Gasteiger charge is -2.37. The summed E-state index contributed by atoms with van der Waals surface area (Å²) in [5, 5.41) is 14.3. The number of nitrogens with zero attached hydrogens (tertiary/aromatic N) is 2. The Kier molecular flexibility index (Phi) is 12.7. The van der Waals surface area contributed by atoms with E-state index in [1.807, 2.05) is 72.8 Å². The maximum absolute atomic E-state index is 15.1. The lowest BCUT2D eigenvalue weighted by atomic mass is 9.70. The molecule has 3 aromatic carbocycles. The van der Waals surface area contributed by atoms with E-state index >= 15 is 4.79 Å². The lowest BCUT2D eigenvalue weighted by Crippen LogP contribution is -2.57. The second-order valence-corrected chi connectivity index (χ2v) is 15.7. The Labute approximate surface area is 325 Å². The number of aliphatic hydroxyl groups excluding tert-OH is 1. The van der Waals surface area contributed by atoms with Crippen molar-refractivity contribution in [3.05, 3.63) is 104 Å². The number of carbonyl (C=O) groups is 4. The zero-order valence-electron chi connectivity index (χ0n) is 30.8. The maximum atomic E-state index is 15.1. The third-order valence-corrected chi connectivity index (χ3v) is 11.9. The van der Waals surface area contributed by atoms with Gasteiger partial charge in [-0.15, -0.1) is 13.2 Å². The van der Waals surface area contributed by atoms with E-state index in [1.165, 1.54) is 0 Å². The summed E-state index contributed by atoms with van der Waals surface area (Å²) >= 11 is 3.78. The van der Waals surface area contributed by atoms with Gasteiger partial charge in [0.25, 0.3) is 5.91 Å². The van der Waals surface area contributed by atoms with Crippen LogP contribution in [0.4, 0.5) is 5.69 Å². The molecule has 54 heavy (non-hydrogen) atoms. The number of amides is 3. The highest BCUT2D eigenvalue weighted by Crippen LogP contribution is 2.60. The number of nitrogens with one attached hydrogen (secondary N) is 1. The predicted octanol–water partition coefficient (Wildman–Crippen LogP) is 6.41. The minimum atomic E-state index is -1.29. The molecule has 0 radical (unpaired) electrons. The van der Waals surface area contributed by atoms with Gasteiger partial charge in [-0.2, -0.15) is 0 Å². The van der Waals surface area contributed by atoms with Gasteiger partial charge in [-0.1, -0.05) is 102 Å². The van der Waals surface area contributed by atoms with Gasteiger partial charge in [0.2, 0.25) is 11.8 Å². The molecule has 1 unspecified atom stereocenters. The number of unbranched alkanes of at least 4 members (excludes halogenated alkanes) is 3. The van der Waals surface area contributed by atoms with Gasteiger partial charge in [-0.3, -0.25) is 19.2 Å². The standard InChI is InChI=1S/C43H50BrN3O7/c1-4-6-20-34(49)45-28(3)37(30-17-10-9-11-18-30)53-42(52)35-36-40(50)47(24-14-7-8-15-25-48)39(43(36)27-33(44)38(35)54-43)41(51)46(23-5-2)32-22-21-29-16-12-13-19-31(29)26-32/h4-5,9-13,16-19,21-22,26,28,33,35-39,48H,1-2,6-8,14-15,20,23-25,27H2,3H3,(H,45,49)/t28-,33?,35+,36-,37-,38+,39+,43-/m0/s1. The molecular weight excluding hydrogens is 750 g/mol. The quantitative estimate of drug-likeness (QED) is 0.0659. The molecule has 3 heterocycles. The van der Waals surface area contributed by atoms with Crippen LogP contribution < -0.4 is 10.2 Å². The molecule has 10 nitrogen and oxygen atoms in total. The van der Waals surface area contributed by atoms with Gasteiger partial charge in [0.05, 0.1) is 24.0 Å². The number of ether oxygens (including phenoxy) is 2. The molecule has 3 aliphatic heterocycles. The molecule has 3 aliphatic rings. The summed E-state index contributed by atoms with van der Waals surface area (Å²) < 4.78 is 13.1. The molecule has 2 bridgehead atoms. The zero-order valence-corrected chi connectivity index (χ0v) is 32.4. The molecule has 0 aliphatic carbocycles. The molecule has 1 spiro atoms.